The minimum absolute atomic E-state index is 0.0224. The molecule has 2 nitrogen and oxygen atoms in total. The summed E-state index contributed by atoms with van der Waals surface area (Å²) in [7, 11) is 0. The third-order valence-electron chi connectivity index (χ3n) is 2.34. The number of benzene rings is 1. The van der Waals surface area contributed by atoms with Gasteiger partial charge in [0.1, 0.15) is 5.82 Å². The predicted octanol–water partition coefficient (Wildman–Crippen LogP) is 3.13. The Hall–Kier alpha value is -0.350. The second kappa shape index (κ2) is 6.40. The average molecular weight is 265 g/mol. The molecule has 0 saturated heterocycles. The number of nitrogens with one attached hydrogen (secondary N) is 1. The third-order valence-corrected chi connectivity index (χ3v) is 2.95. The Morgan fingerprint density at radius 3 is 2.69 bits per heavy atom. The molecule has 3 N–H and O–H groups in total. The molecule has 0 amide bonds. The lowest BCUT2D eigenvalue weighted by Gasteiger charge is -2.16. The van der Waals surface area contributed by atoms with Crippen molar-refractivity contribution in [3.05, 3.63) is 33.6 Å². The molecule has 0 fully saturated rings. The van der Waals surface area contributed by atoms with E-state index in [2.05, 4.69) is 5.32 Å². The first-order chi connectivity index (χ1) is 7.56. The van der Waals surface area contributed by atoms with Crippen molar-refractivity contribution in [3.63, 3.8) is 0 Å². The Morgan fingerprint density at radius 2 is 2.06 bits per heavy atom. The van der Waals surface area contributed by atoms with Gasteiger partial charge in [0, 0.05) is 11.1 Å². The number of hydrogen-bond acceptors (Lipinski definition) is 2. The molecular formula is C11H15Cl2FN2. The molecule has 1 atom stereocenters. The van der Waals surface area contributed by atoms with E-state index in [4.69, 9.17) is 28.9 Å². The predicted molar refractivity (Wildman–Crippen MR) is 66.5 cm³/mol. The minimum atomic E-state index is -0.450. The molecule has 0 aliphatic carbocycles. The number of nitrogens with two attached hydrogens (primary N) is 1. The van der Waals surface area contributed by atoms with Crippen molar-refractivity contribution in [3.8, 4) is 0 Å². The zero-order chi connectivity index (χ0) is 12.1. The molecule has 0 aliphatic heterocycles. The summed E-state index contributed by atoms with van der Waals surface area (Å²) in [6.07, 6.45) is 0.873. The summed E-state index contributed by atoms with van der Waals surface area (Å²) in [4.78, 5) is 0. The van der Waals surface area contributed by atoms with Crippen molar-refractivity contribution in [1.29, 1.82) is 0 Å². The van der Waals surface area contributed by atoms with Crippen molar-refractivity contribution in [2.24, 2.45) is 5.73 Å². The first kappa shape index (κ1) is 13.7. The van der Waals surface area contributed by atoms with E-state index < -0.39 is 5.82 Å². The lowest BCUT2D eigenvalue weighted by Crippen LogP contribution is -2.22. The van der Waals surface area contributed by atoms with Gasteiger partial charge in [-0.1, -0.05) is 23.2 Å². The van der Waals surface area contributed by atoms with E-state index in [-0.39, 0.29) is 11.1 Å². The molecular weight excluding hydrogens is 250 g/mol. The van der Waals surface area contributed by atoms with Crippen molar-refractivity contribution < 1.29 is 4.39 Å². The highest BCUT2D eigenvalue weighted by molar-refractivity contribution is 6.35. The quantitative estimate of drug-likeness (QED) is 0.634. The van der Waals surface area contributed by atoms with E-state index >= 15 is 0 Å². The van der Waals surface area contributed by atoms with Crippen molar-refractivity contribution in [2.75, 3.05) is 13.1 Å². The maximum absolute atomic E-state index is 13.3. The fourth-order valence-corrected chi connectivity index (χ4v) is 1.95. The van der Waals surface area contributed by atoms with Gasteiger partial charge >= 0.3 is 0 Å². The largest absolute Gasteiger partial charge is 0.330 e. The van der Waals surface area contributed by atoms with Gasteiger partial charge in [-0.15, -0.1) is 0 Å². The molecule has 0 heterocycles. The Bertz CT molecular complexity index is 358. The zero-order valence-electron chi connectivity index (χ0n) is 9.06. The van der Waals surface area contributed by atoms with Crippen molar-refractivity contribution in [2.45, 2.75) is 19.4 Å². The van der Waals surface area contributed by atoms with Crippen LogP contribution in [0.4, 0.5) is 4.39 Å². The van der Waals surface area contributed by atoms with Crippen LogP contribution in [-0.4, -0.2) is 13.1 Å². The van der Waals surface area contributed by atoms with E-state index in [0.29, 0.717) is 17.1 Å². The summed E-state index contributed by atoms with van der Waals surface area (Å²) < 4.78 is 13.3. The highest BCUT2D eigenvalue weighted by Crippen LogP contribution is 2.28. The van der Waals surface area contributed by atoms with Gasteiger partial charge in [0.15, 0.2) is 0 Å². The van der Waals surface area contributed by atoms with Crippen LogP contribution >= 0.6 is 23.2 Å². The Kier molecular flexibility index (Phi) is 5.49. The number of halogens is 3. The maximum atomic E-state index is 13.3. The minimum Gasteiger partial charge on any atom is -0.330 e. The van der Waals surface area contributed by atoms with E-state index in [9.17, 15) is 4.39 Å². The van der Waals surface area contributed by atoms with Gasteiger partial charge in [-0.2, -0.15) is 0 Å². The van der Waals surface area contributed by atoms with Crippen LogP contribution in [-0.2, 0) is 0 Å². The van der Waals surface area contributed by atoms with Crippen LogP contribution in [0.5, 0.6) is 0 Å². The molecule has 0 saturated carbocycles. The molecule has 0 aromatic heterocycles. The van der Waals surface area contributed by atoms with Crippen molar-refractivity contribution in [1.82, 2.24) is 5.32 Å². The van der Waals surface area contributed by atoms with Gasteiger partial charge in [-0.3, -0.25) is 0 Å². The van der Waals surface area contributed by atoms with E-state index in [1.165, 1.54) is 12.1 Å². The van der Waals surface area contributed by atoms with Crippen LogP contribution < -0.4 is 11.1 Å². The van der Waals surface area contributed by atoms with Gasteiger partial charge in [-0.25, -0.2) is 4.39 Å². The topological polar surface area (TPSA) is 38.0 Å². The maximum Gasteiger partial charge on any atom is 0.142 e. The first-order valence-electron chi connectivity index (χ1n) is 5.14. The first-order valence-corrected chi connectivity index (χ1v) is 5.89. The van der Waals surface area contributed by atoms with E-state index in [1.807, 2.05) is 6.92 Å². The van der Waals surface area contributed by atoms with Crippen LogP contribution in [0.25, 0.3) is 0 Å². The number of hydrogen-bond donors (Lipinski definition) is 2. The van der Waals surface area contributed by atoms with Crippen LogP contribution in [0.15, 0.2) is 12.1 Å². The Morgan fingerprint density at radius 1 is 1.38 bits per heavy atom. The highest BCUT2D eigenvalue weighted by Gasteiger charge is 2.12. The van der Waals surface area contributed by atoms with Crippen LogP contribution in [0.3, 0.4) is 0 Å². The van der Waals surface area contributed by atoms with Gasteiger partial charge in [-0.05, 0) is 44.1 Å². The SMILES string of the molecule is CC(NCCCN)c1cc(F)c(Cl)cc1Cl. The van der Waals surface area contributed by atoms with Gasteiger partial charge in [0.25, 0.3) is 0 Å². The molecule has 90 valence electrons. The second-order valence-corrected chi connectivity index (χ2v) is 4.42. The molecule has 1 rings (SSSR count). The summed E-state index contributed by atoms with van der Waals surface area (Å²) in [6, 6.07) is 2.77. The van der Waals surface area contributed by atoms with Gasteiger partial charge < -0.3 is 11.1 Å². The van der Waals surface area contributed by atoms with Crippen molar-refractivity contribution >= 4 is 23.2 Å². The molecule has 0 spiro atoms. The molecule has 5 heteroatoms. The molecule has 1 unspecified atom stereocenters. The Balaban J connectivity index is 2.75. The summed E-state index contributed by atoms with van der Waals surface area (Å²) in [5, 5.41) is 3.73. The summed E-state index contributed by atoms with van der Waals surface area (Å²) in [6.45, 7) is 3.33. The summed E-state index contributed by atoms with van der Waals surface area (Å²) in [5.74, 6) is -0.450. The standard InChI is InChI=1S/C11H15Cl2FN2/c1-7(16-4-2-3-15)8-5-11(14)10(13)6-9(8)12/h5-7,16H,2-4,15H2,1H3. The molecule has 1 aromatic carbocycles. The monoisotopic (exact) mass is 264 g/mol. The fourth-order valence-electron chi connectivity index (χ4n) is 1.40. The van der Waals surface area contributed by atoms with Crippen LogP contribution in [0.2, 0.25) is 10.0 Å². The van der Waals surface area contributed by atoms with E-state index in [0.717, 1.165) is 13.0 Å². The third kappa shape index (κ3) is 3.59. The number of rotatable bonds is 5. The van der Waals surface area contributed by atoms with Crippen LogP contribution in [0.1, 0.15) is 24.9 Å². The van der Waals surface area contributed by atoms with Crippen LogP contribution in [0, 0.1) is 5.82 Å². The zero-order valence-corrected chi connectivity index (χ0v) is 10.6. The fraction of sp³-hybridized carbons (Fsp3) is 0.455. The molecule has 16 heavy (non-hydrogen) atoms. The second-order valence-electron chi connectivity index (χ2n) is 3.61. The molecule has 1 aromatic rings. The smallest absolute Gasteiger partial charge is 0.142 e. The lowest BCUT2D eigenvalue weighted by atomic mass is 10.1. The lowest BCUT2D eigenvalue weighted by molar-refractivity contribution is 0.555. The molecule has 0 radical (unpaired) electrons. The van der Waals surface area contributed by atoms with E-state index in [1.54, 1.807) is 0 Å². The van der Waals surface area contributed by atoms with Gasteiger partial charge in [0.2, 0.25) is 0 Å². The summed E-state index contributed by atoms with van der Waals surface area (Å²) in [5.41, 5.74) is 6.09. The normalized spacial score (nSPS) is 12.8. The average Bonchev–Trinajstić information content (AvgIpc) is 2.23. The Labute approximate surface area is 105 Å². The van der Waals surface area contributed by atoms with Gasteiger partial charge in [0.05, 0.1) is 5.02 Å². The molecule has 0 aliphatic rings. The molecule has 0 bridgehead atoms. The highest BCUT2D eigenvalue weighted by atomic mass is 35.5. The summed E-state index contributed by atoms with van der Waals surface area (Å²) >= 11 is 11.6.